The molecular weight excluding hydrogens is 282 g/mol. The lowest BCUT2D eigenvalue weighted by Gasteiger charge is -2.07. The second-order valence-electron chi connectivity index (χ2n) is 4.55. The molecular formula is C17H17NO4. The molecule has 0 bridgehead atoms. The molecule has 0 aromatic heterocycles. The quantitative estimate of drug-likeness (QED) is 0.830. The summed E-state index contributed by atoms with van der Waals surface area (Å²) in [6, 6.07) is 16.4. The molecule has 0 heterocycles. The van der Waals surface area contributed by atoms with Crippen LogP contribution in [0.4, 0.5) is 0 Å². The van der Waals surface area contributed by atoms with Gasteiger partial charge in [0.05, 0.1) is 5.56 Å². The normalized spacial score (nSPS) is 9.86. The molecule has 2 aromatic rings. The number of amides is 1. The van der Waals surface area contributed by atoms with Gasteiger partial charge in [0.25, 0.3) is 5.91 Å². The van der Waals surface area contributed by atoms with E-state index in [4.69, 9.17) is 9.47 Å². The number of likely N-dealkylation sites (N-methyl/N-ethyl adjacent to an activating group) is 1. The van der Waals surface area contributed by atoms with Crippen molar-refractivity contribution in [1.82, 2.24) is 5.32 Å². The minimum atomic E-state index is -0.543. The summed E-state index contributed by atoms with van der Waals surface area (Å²) in [6.45, 7) is 0.170. The van der Waals surface area contributed by atoms with Crippen LogP contribution in [0.1, 0.15) is 15.9 Å². The van der Waals surface area contributed by atoms with Crippen LogP contribution in [0, 0.1) is 0 Å². The van der Waals surface area contributed by atoms with E-state index in [0.717, 1.165) is 5.56 Å². The van der Waals surface area contributed by atoms with Crippen LogP contribution in [0.3, 0.4) is 0 Å². The highest BCUT2D eigenvalue weighted by atomic mass is 16.5. The second kappa shape index (κ2) is 7.83. The Labute approximate surface area is 128 Å². The maximum atomic E-state index is 11.7. The molecule has 1 N–H and O–H groups in total. The summed E-state index contributed by atoms with van der Waals surface area (Å²) in [5.41, 5.74) is 1.44. The number of ether oxygens (including phenoxy) is 2. The summed E-state index contributed by atoms with van der Waals surface area (Å²) in [6.07, 6.45) is 0. The van der Waals surface area contributed by atoms with Crippen LogP contribution in [0.2, 0.25) is 0 Å². The van der Waals surface area contributed by atoms with Gasteiger partial charge in [0, 0.05) is 7.05 Å². The fourth-order valence-electron chi connectivity index (χ4n) is 1.71. The van der Waals surface area contributed by atoms with Crippen molar-refractivity contribution in [2.45, 2.75) is 6.61 Å². The summed E-state index contributed by atoms with van der Waals surface area (Å²) in [4.78, 5) is 22.7. The predicted molar refractivity (Wildman–Crippen MR) is 81.6 cm³/mol. The van der Waals surface area contributed by atoms with E-state index in [1.54, 1.807) is 24.3 Å². The summed E-state index contributed by atoms with van der Waals surface area (Å²) >= 11 is 0. The topological polar surface area (TPSA) is 64.6 Å². The third-order valence-electron chi connectivity index (χ3n) is 2.95. The Hall–Kier alpha value is -2.82. The first kappa shape index (κ1) is 15.6. The highest BCUT2D eigenvalue weighted by molar-refractivity contribution is 5.91. The molecule has 2 aromatic carbocycles. The van der Waals surface area contributed by atoms with E-state index in [2.05, 4.69) is 5.32 Å². The molecule has 0 atom stereocenters. The van der Waals surface area contributed by atoms with E-state index < -0.39 is 5.97 Å². The van der Waals surface area contributed by atoms with Crippen LogP contribution in [0.15, 0.2) is 54.6 Å². The van der Waals surface area contributed by atoms with Crippen molar-refractivity contribution in [3.05, 3.63) is 65.7 Å². The van der Waals surface area contributed by atoms with Gasteiger partial charge in [-0.2, -0.15) is 0 Å². The van der Waals surface area contributed by atoms with Crippen LogP contribution in [-0.4, -0.2) is 25.5 Å². The maximum Gasteiger partial charge on any atom is 0.338 e. The minimum absolute atomic E-state index is 0.290. The first-order valence-corrected chi connectivity index (χ1v) is 6.83. The smallest absolute Gasteiger partial charge is 0.338 e. The maximum absolute atomic E-state index is 11.7. The molecule has 0 aliphatic rings. The van der Waals surface area contributed by atoms with Crippen molar-refractivity contribution in [1.29, 1.82) is 0 Å². The summed E-state index contributed by atoms with van der Waals surface area (Å²) < 4.78 is 10.5. The van der Waals surface area contributed by atoms with Crippen molar-refractivity contribution in [3.8, 4) is 5.75 Å². The van der Waals surface area contributed by atoms with Crippen molar-refractivity contribution in [2.75, 3.05) is 13.7 Å². The number of esters is 1. The zero-order chi connectivity index (χ0) is 15.8. The number of carbonyl (C=O) groups is 2. The Morgan fingerprint density at radius 3 is 2.32 bits per heavy atom. The van der Waals surface area contributed by atoms with Gasteiger partial charge in [-0.15, -0.1) is 0 Å². The standard InChI is InChI=1S/C17H17NO4/c1-18-16(19)12-22-17(20)14-7-9-15(10-8-14)21-11-13-5-3-2-4-6-13/h2-10H,11-12H2,1H3,(H,18,19). The Kier molecular flexibility index (Phi) is 5.54. The average Bonchev–Trinajstić information content (AvgIpc) is 2.59. The predicted octanol–water partition coefficient (Wildman–Crippen LogP) is 2.17. The van der Waals surface area contributed by atoms with E-state index in [1.165, 1.54) is 7.05 Å². The van der Waals surface area contributed by atoms with Crippen LogP contribution in [0.5, 0.6) is 5.75 Å². The molecule has 5 heteroatoms. The van der Waals surface area contributed by atoms with Gasteiger partial charge >= 0.3 is 5.97 Å². The van der Waals surface area contributed by atoms with E-state index >= 15 is 0 Å². The first-order valence-electron chi connectivity index (χ1n) is 6.83. The Morgan fingerprint density at radius 2 is 1.68 bits per heavy atom. The molecule has 0 saturated carbocycles. The molecule has 114 valence electrons. The van der Waals surface area contributed by atoms with Crippen molar-refractivity contribution in [2.24, 2.45) is 0 Å². The van der Waals surface area contributed by atoms with Crippen LogP contribution < -0.4 is 10.1 Å². The van der Waals surface area contributed by atoms with Crippen LogP contribution in [0.25, 0.3) is 0 Å². The largest absolute Gasteiger partial charge is 0.489 e. The zero-order valence-electron chi connectivity index (χ0n) is 12.2. The fourth-order valence-corrected chi connectivity index (χ4v) is 1.71. The van der Waals surface area contributed by atoms with Crippen LogP contribution in [-0.2, 0) is 16.1 Å². The SMILES string of the molecule is CNC(=O)COC(=O)c1ccc(OCc2ccccc2)cc1. The lowest BCUT2D eigenvalue weighted by molar-refractivity contribution is -0.123. The Morgan fingerprint density at radius 1 is 1.00 bits per heavy atom. The van der Waals surface area contributed by atoms with Crippen molar-refractivity contribution >= 4 is 11.9 Å². The van der Waals surface area contributed by atoms with Gasteiger partial charge in [-0.3, -0.25) is 4.79 Å². The lowest BCUT2D eigenvalue weighted by Crippen LogP contribution is -2.25. The van der Waals surface area contributed by atoms with E-state index in [1.807, 2.05) is 30.3 Å². The monoisotopic (exact) mass is 299 g/mol. The zero-order valence-corrected chi connectivity index (χ0v) is 12.2. The lowest BCUT2D eigenvalue weighted by atomic mass is 10.2. The second-order valence-corrected chi connectivity index (χ2v) is 4.55. The highest BCUT2D eigenvalue weighted by Gasteiger charge is 2.09. The summed E-state index contributed by atoms with van der Waals surface area (Å²) in [5.74, 6) is -0.235. The van der Waals surface area contributed by atoms with Crippen molar-refractivity contribution < 1.29 is 19.1 Å². The van der Waals surface area contributed by atoms with Gasteiger partial charge in [0.15, 0.2) is 6.61 Å². The number of nitrogens with one attached hydrogen (secondary N) is 1. The number of hydrogen-bond donors (Lipinski definition) is 1. The summed E-state index contributed by atoms with van der Waals surface area (Å²) in [7, 11) is 1.48. The van der Waals surface area contributed by atoms with E-state index in [-0.39, 0.29) is 12.5 Å². The third kappa shape index (κ3) is 4.63. The van der Waals surface area contributed by atoms with E-state index in [9.17, 15) is 9.59 Å². The molecule has 5 nitrogen and oxygen atoms in total. The Bertz CT molecular complexity index is 623. The highest BCUT2D eigenvalue weighted by Crippen LogP contribution is 2.14. The number of rotatable bonds is 6. The number of hydrogen-bond acceptors (Lipinski definition) is 4. The van der Waals surface area contributed by atoms with Gasteiger partial charge in [0.1, 0.15) is 12.4 Å². The molecule has 0 saturated heterocycles. The number of carbonyl (C=O) groups excluding carboxylic acids is 2. The molecule has 0 unspecified atom stereocenters. The summed E-state index contributed by atoms with van der Waals surface area (Å²) in [5, 5.41) is 2.38. The van der Waals surface area contributed by atoms with Gasteiger partial charge in [0.2, 0.25) is 0 Å². The third-order valence-corrected chi connectivity index (χ3v) is 2.95. The fraction of sp³-hybridized carbons (Fsp3) is 0.176. The molecule has 0 spiro atoms. The molecule has 0 fully saturated rings. The number of benzene rings is 2. The molecule has 0 radical (unpaired) electrons. The van der Waals surface area contributed by atoms with Gasteiger partial charge in [-0.25, -0.2) is 4.79 Å². The van der Waals surface area contributed by atoms with Gasteiger partial charge < -0.3 is 14.8 Å². The van der Waals surface area contributed by atoms with Crippen molar-refractivity contribution in [3.63, 3.8) is 0 Å². The Balaban J connectivity index is 1.87. The molecule has 0 aliphatic carbocycles. The molecule has 2 rings (SSSR count). The molecule has 22 heavy (non-hydrogen) atoms. The molecule has 0 aliphatic heterocycles. The minimum Gasteiger partial charge on any atom is -0.489 e. The van der Waals surface area contributed by atoms with Crippen LogP contribution >= 0.6 is 0 Å². The van der Waals surface area contributed by atoms with Gasteiger partial charge in [-0.1, -0.05) is 30.3 Å². The average molecular weight is 299 g/mol. The van der Waals surface area contributed by atoms with Gasteiger partial charge in [-0.05, 0) is 29.8 Å². The molecule has 1 amide bonds. The van der Waals surface area contributed by atoms with E-state index in [0.29, 0.717) is 17.9 Å². The first-order chi connectivity index (χ1) is 10.7.